The Bertz CT molecular complexity index is 645. The summed E-state index contributed by atoms with van der Waals surface area (Å²) in [4.78, 5) is 16.1. The van der Waals surface area contributed by atoms with Crippen molar-refractivity contribution in [3.05, 3.63) is 22.4 Å². The summed E-state index contributed by atoms with van der Waals surface area (Å²) in [6.45, 7) is 0. The van der Waals surface area contributed by atoms with Crippen molar-refractivity contribution in [2.75, 3.05) is 26.6 Å². The molecule has 2 aromatic rings. The number of halogens is 1. The number of ether oxygens (including phenoxy) is 3. The topological polar surface area (TPSA) is 98.4 Å². The van der Waals surface area contributed by atoms with Crippen LogP contribution in [0.3, 0.4) is 0 Å². The first-order valence-corrected chi connectivity index (χ1v) is 6.56. The molecular formula is C12H13BrN4O4. The van der Waals surface area contributed by atoms with E-state index in [4.69, 9.17) is 14.2 Å². The molecule has 1 aromatic heterocycles. The van der Waals surface area contributed by atoms with Gasteiger partial charge in [-0.1, -0.05) is 0 Å². The Morgan fingerprint density at radius 1 is 1.24 bits per heavy atom. The summed E-state index contributed by atoms with van der Waals surface area (Å²) < 4.78 is 16.2. The van der Waals surface area contributed by atoms with Crippen molar-refractivity contribution in [1.29, 1.82) is 0 Å². The summed E-state index contributed by atoms with van der Waals surface area (Å²) in [6.07, 6.45) is 1.29. The summed E-state index contributed by atoms with van der Waals surface area (Å²) in [5, 5.41) is 8.76. The minimum Gasteiger partial charge on any atom is -0.493 e. The number of rotatable bonds is 5. The molecule has 112 valence electrons. The van der Waals surface area contributed by atoms with Crippen molar-refractivity contribution >= 4 is 27.8 Å². The first-order chi connectivity index (χ1) is 10.1. The average molecular weight is 357 g/mol. The molecule has 0 radical (unpaired) electrons. The lowest BCUT2D eigenvalue weighted by Crippen LogP contribution is -2.14. The Kier molecular flexibility index (Phi) is 4.63. The van der Waals surface area contributed by atoms with Gasteiger partial charge < -0.3 is 14.2 Å². The van der Waals surface area contributed by atoms with Crippen molar-refractivity contribution in [2.24, 2.45) is 0 Å². The molecule has 0 bridgehead atoms. The lowest BCUT2D eigenvalue weighted by atomic mass is 10.1. The Labute approximate surface area is 128 Å². The van der Waals surface area contributed by atoms with Crippen LogP contribution in [-0.4, -0.2) is 42.4 Å². The minimum absolute atomic E-state index is 0.237. The summed E-state index contributed by atoms with van der Waals surface area (Å²) in [5.74, 6) is 0.960. The number of benzene rings is 1. The zero-order valence-corrected chi connectivity index (χ0v) is 13.1. The summed E-state index contributed by atoms with van der Waals surface area (Å²) in [7, 11) is 4.44. The van der Waals surface area contributed by atoms with Gasteiger partial charge in [0.2, 0.25) is 11.7 Å². The van der Waals surface area contributed by atoms with Gasteiger partial charge in [-0.05, 0) is 22.0 Å². The van der Waals surface area contributed by atoms with Crippen LogP contribution in [0.5, 0.6) is 17.2 Å². The molecule has 2 rings (SSSR count). The standard InChI is InChI=1S/C12H13BrN4O4/c1-19-7-4-6(8(13)10(21-3)9(7)20-2)11(18)16-12-14-5-15-17-12/h4-5H,1-3H3,(H2,14,15,16,17,18). The average Bonchev–Trinajstić information content (AvgIpc) is 2.99. The van der Waals surface area contributed by atoms with Crippen LogP contribution >= 0.6 is 15.9 Å². The molecule has 0 aliphatic heterocycles. The quantitative estimate of drug-likeness (QED) is 0.848. The third-order valence-electron chi connectivity index (χ3n) is 2.66. The van der Waals surface area contributed by atoms with Crippen molar-refractivity contribution < 1.29 is 19.0 Å². The summed E-state index contributed by atoms with van der Waals surface area (Å²) >= 11 is 3.33. The molecule has 21 heavy (non-hydrogen) atoms. The van der Waals surface area contributed by atoms with E-state index in [0.29, 0.717) is 27.3 Å². The molecule has 0 fully saturated rings. The van der Waals surface area contributed by atoms with E-state index in [1.165, 1.54) is 33.7 Å². The highest BCUT2D eigenvalue weighted by Gasteiger charge is 2.23. The normalized spacial score (nSPS) is 10.1. The number of hydrogen-bond donors (Lipinski definition) is 2. The molecular weight excluding hydrogens is 344 g/mol. The van der Waals surface area contributed by atoms with Gasteiger partial charge in [0.1, 0.15) is 6.33 Å². The molecule has 0 saturated heterocycles. The highest BCUT2D eigenvalue weighted by Crippen LogP contribution is 2.44. The highest BCUT2D eigenvalue weighted by atomic mass is 79.9. The number of aromatic amines is 1. The van der Waals surface area contributed by atoms with Gasteiger partial charge in [0.05, 0.1) is 31.4 Å². The molecule has 9 heteroatoms. The first kappa shape index (κ1) is 15.1. The van der Waals surface area contributed by atoms with Crippen LogP contribution in [0.25, 0.3) is 0 Å². The van der Waals surface area contributed by atoms with E-state index < -0.39 is 5.91 Å². The number of carbonyl (C=O) groups excluding carboxylic acids is 1. The molecule has 0 spiro atoms. The SMILES string of the molecule is COc1cc(C(=O)Nc2ncn[nH]2)c(Br)c(OC)c1OC. The van der Waals surface area contributed by atoms with E-state index >= 15 is 0 Å². The smallest absolute Gasteiger partial charge is 0.259 e. The van der Waals surface area contributed by atoms with Gasteiger partial charge in [-0.25, -0.2) is 5.10 Å². The zero-order chi connectivity index (χ0) is 15.4. The van der Waals surface area contributed by atoms with Gasteiger partial charge in [0, 0.05) is 0 Å². The molecule has 1 heterocycles. The van der Waals surface area contributed by atoms with E-state index in [-0.39, 0.29) is 5.95 Å². The van der Waals surface area contributed by atoms with Crippen molar-refractivity contribution in [2.45, 2.75) is 0 Å². The van der Waals surface area contributed by atoms with E-state index in [1.807, 2.05) is 0 Å². The van der Waals surface area contributed by atoms with Crippen LogP contribution in [0.1, 0.15) is 10.4 Å². The van der Waals surface area contributed by atoms with Crippen molar-refractivity contribution in [3.63, 3.8) is 0 Å². The lowest BCUT2D eigenvalue weighted by molar-refractivity contribution is 0.102. The number of nitrogens with zero attached hydrogens (tertiary/aromatic N) is 2. The molecule has 0 unspecified atom stereocenters. The van der Waals surface area contributed by atoms with Gasteiger partial charge in [-0.3, -0.25) is 10.1 Å². The van der Waals surface area contributed by atoms with Gasteiger partial charge in [0.15, 0.2) is 11.5 Å². The van der Waals surface area contributed by atoms with Gasteiger partial charge in [-0.2, -0.15) is 10.1 Å². The zero-order valence-electron chi connectivity index (χ0n) is 11.6. The van der Waals surface area contributed by atoms with Crippen molar-refractivity contribution in [1.82, 2.24) is 15.2 Å². The maximum atomic E-state index is 12.3. The van der Waals surface area contributed by atoms with E-state index in [2.05, 4.69) is 36.4 Å². The number of amides is 1. The number of anilines is 1. The number of nitrogens with one attached hydrogen (secondary N) is 2. The van der Waals surface area contributed by atoms with Crippen LogP contribution in [-0.2, 0) is 0 Å². The third kappa shape index (κ3) is 2.92. The second-order valence-corrected chi connectivity index (χ2v) is 4.59. The number of aromatic nitrogens is 3. The molecule has 0 aliphatic carbocycles. The second kappa shape index (κ2) is 6.44. The predicted molar refractivity (Wildman–Crippen MR) is 78.1 cm³/mol. The molecule has 1 amide bonds. The number of hydrogen-bond acceptors (Lipinski definition) is 6. The van der Waals surface area contributed by atoms with Crippen molar-refractivity contribution in [3.8, 4) is 17.2 Å². The van der Waals surface area contributed by atoms with E-state index in [0.717, 1.165) is 0 Å². The molecule has 0 atom stereocenters. The van der Waals surface area contributed by atoms with E-state index in [1.54, 1.807) is 0 Å². The minimum atomic E-state index is -0.405. The fraction of sp³-hybridized carbons (Fsp3) is 0.250. The van der Waals surface area contributed by atoms with Crippen LogP contribution in [0, 0.1) is 0 Å². The maximum absolute atomic E-state index is 12.3. The molecule has 2 N–H and O–H groups in total. The first-order valence-electron chi connectivity index (χ1n) is 5.77. The lowest BCUT2D eigenvalue weighted by Gasteiger charge is -2.16. The molecule has 0 aliphatic rings. The van der Waals surface area contributed by atoms with E-state index in [9.17, 15) is 4.79 Å². The molecule has 1 aromatic carbocycles. The largest absolute Gasteiger partial charge is 0.493 e. The van der Waals surface area contributed by atoms with Crippen LogP contribution < -0.4 is 19.5 Å². The monoisotopic (exact) mass is 356 g/mol. The van der Waals surface area contributed by atoms with Crippen LogP contribution in [0.4, 0.5) is 5.95 Å². The number of carbonyl (C=O) groups is 1. The fourth-order valence-electron chi connectivity index (χ4n) is 1.73. The Balaban J connectivity index is 2.45. The predicted octanol–water partition coefficient (Wildman–Crippen LogP) is 1.85. The highest BCUT2D eigenvalue weighted by molar-refractivity contribution is 9.10. The third-order valence-corrected chi connectivity index (χ3v) is 3.45. The Morgan fingerprint density at radius 2 is 1.95 bits per heavy atom. The van der Waals surface area contributed by atoms with Crippen LogP contribution in [0.2, 0.25) is 0 Å². The fourth-order valence-corrected chi connectivity index (χ4v) is 2.36. The molecule has 0 saturated carbocycles. The molecule has 8 nitrogen and oxygen atoms in total. The van der Waals surface area contributed by atoms with Gasteiger partial charge in [0.25, 0.3) is 5.91 Å². The van der Waals surface area contributed by atoms with Gasteiger partial charge in [-0.15, -0.1) is 0 Å². The number of H-pyrrole nitrogens is 1. The Hall–Kier alpha value is -2.29. The van der Waals surface area contributed by atoms with Crippen LogP contribution in [0.15, 0.2) is 16.9 Å². The summed E-state index contributed by atoms with van der Waals surface area (Å²) in [5.41, 5.74) is 0.306. The summed E-state index contributed by atoms with van der Waals surface area (Å²) in [6, 6.07) is 1.54. The van der Waals surface area contributed by atoms with Gasteiger partial charge >= 0.3 is 0 Å². The maximum Gasteiger partial charge on any atom is 0.259 e. The second-order valence-electron chi connectivity index (χ2n) is 3.80. The Morgan fingerprint density at radius 3 is 2.48 bits per heavy atom. The number of methoxy groups -OCH3 is 3.